The van der Waals surface area contributed by atoms with Gasteiger partial charge in [0, 0.05) is 20.1 Å². The van der Waals surface area contributed by atoms with E-state index in [2.05, 4.69) is 21.3 Å². The highest BCUT2D eigenvalue weighted by atomic mass is 16.6. The van der Waals surface area contributed by atoms with Crippen molar-refractivity contribution in [3.8, 4) is 5.75 Å². The second-order valence-corrected chi connectivity index (χ2v) is 20.8. The quantitative estimate of drug-likeness (QED) is 0.0975. The van der Waals surface area contributed by atoms with Crippen molar-refractivity contribution in [2.75, 3.05) is 34.3 Å². The lowest BCUT2D eigenvalue weighted by Gasteiger charge is -2.43. The summed E-state index contributed by atoms with van der Waals surface area (Å²) in [4.78, 5) is 75.6. The van der Waals surface area contributed by atoms with Crippen LogP contribution in [0.3, 0.4) is 0 Å². The summed E-state index contributed by atoms with van der Waals surface area (Å²) in [6.07, 6.45) is -3.28. The van der Waals surface area contributed by atoms with Gasteiger partial charge < -0.3 is 55.5 Å². The molecule has 3 aliphatic heterocycles. The number of likely N-dealkylation sites (N-methyl/N-ethyl adjacent to an activating group) is 2. The van der Waals surface area contributed by atoms with Crippen LogP contribution in [0.1, 0.15) is 106 Å². The third kappa shape index (κ3) is 15.6. The highest BCUT2D eigenvalue weighted by molar-refractivity contribution is 5.94. The van der Waals surface area contributed by atoms with Crippen molar-refractivity contribution in [1.29, 1.82) is 0 Å². The molecule has 0 bridgehead atoms. The number of rotatable bonds is 14. The first-order valence-corrected chi connectivity index (χ1v) is 25.2. The van der Waals surface area contributed by atoms with Crippen molar-refractivity contribution >= 4 is 29.6 Å². The molecular formula is C51H85N7O12. The van der Waals surface area contributed by atoms with Crippen LogP contribution in [0.2, 0.25) is 0 Å². The first-order valence-electron chi connectivity index (χ1n) is 25.2. The Hall–Kier alpha value is -4.21. The molecule has 1 aromatic rings. The van der Waals surface area contributed by atoms with Gasteiger partial charge in [-0.2, -0.15) is 0 Å². The normalized spacial score (nSPS) is 31.3. The Morgan fingerprint density at radius 3 is 2.20 bits per heavy atom. The first-order chi connectivity index (χ1) is 33.0. The van der Waals surface area contributed by atoms with Gasteiger partial charge in [-0.3, -0.25) is 39.1 Å². The number of ether oxygens (including phenoxy) is 3. The van der Waals surface area contributed by atoms with Crippen LogP contribution in [0.5, 0.6) is 5.75 Å². The minimum Gasteiger partial charge on any atom is -0.497 e. The molecule has 0 aromatic heterocycles. The number of cyclic esters (lactones) is 1. The van der Waals surface area contributed by atoms with E-state index in [0.29, 0.717) is 44.5 Å². The summed E-state index contributed by atoms with van der Waals surface area (Å²) in [6.45, 7) is 17.2. The molecule has 70 heavy (non-hydrogen) atoms. The number of methoxy groups -OCH3 is 1. The molecule has 4 amide bonds. The summed E-state index contributed by atoms with van der Waals surface area (Å²) < 4.78 is 17.6. The second kappa shape index (κ2) is 27.0. The zero-order valence-corrected chi connectivity index (χ0v) is 43.5. The van der Waals surface area contributed by atoms with Crippen molar-refractivity contribution in [3.63, 3.8) is 0 Å². The maximum atomic E-state index is 14.8. The van der Waals surface area contributed by atoms with E-state index in [4.69, 9.17) is 14.2 Å². The van der Waals surface area contributed by atoms with Crippen molar-refractivity contribution < 1.29 is 58.6 Å². The maximum absolute atomic E-state index is 14.8. The van der Waals surface area contributed by atoms with Crippen LogP contribution in [-0.4, -0.2) is 178 Å². The van der Waals surface area contributed by atoms with E-state index in [9.17, 15) is 44.4 Å². The summed E-state index contributed by atoms with van der Waals surface area (Å²) in [7, 11) is 4.71. The fraction of sp³-hybridized carbons (Fsp3) is 0.745. The average Bonchev–Trinajstić information content (AvgIpc) is 4.04. The van der Waals surface area contributed by atoms with Crippen LogP contribution in [-0.2, 0) is 39.9 Å². The highest BCUT2D eigenvalue weighted by Gasteiger charge is 2.45. The number of nitrogens with zero attached hydrogens (tertiary/aromatic N) is 3. The van der Waals surface area contributed by atoms with Gasteiger partial charge in [0.15, 0.2) is 12.4 Å². The third-order valence-corrected chi connectivity index (χ3v) is 14.1. The number of nitrogens with one attached hydrogen (secondary N) is 4. The van der Waals surface area contributed by atoms with E-state index < -0.39 is 121 Å². The van der Waals surface area contributed by atoms with Gasteiger partial charge in [0.25, 0.3) is 5.91 Å². The van der Waals surface area contributed by atoms with Gasteiger partial charge in [0.05, 0.1) is 49.9 Å². The summed E-state index contributed by atoms with van der Waals surface area (Å²) in [6, 6.07) is 0.322. The van der Waals surface area contributed by atoms with Gasteiger partial charge in [-0.1, -0.05) is 86.1 Å². The van der Waals surface area contributed by atoms with Crippen molar-refractivity contribution in [1.82, 2.24) is 36.0 Å². The smallest absolute Gasteiger partial charge is 0.309 e. The highest BCUT2D eigenvalue weighted by Crippen LogP contribution is 2.29. The number of esters is 1. The number of hydrogen-bond donors (Lipinski definition) is 8. The number of fused-ring (bicyclic) bond motifs is 1. The predicted octanol–water partition coefficient (Wildman–Crippen LogP) is 1.64. The lowest BCUT2D eigenvalue weighted by atomic mass is 9.92. The van der Waals surface area contributed by atoms with E-state index in [-0.39, 0.29) is 30.6 Å². The zero-order chi connectivity index (χ0) is 52.1. The summed E-state index contributed by atoms with van der Waals surface area (Å²) in [5, 5.41) is 60.3. The monoisotopic (exact) mass is 988 g/mol. The van der Waals surface area contributed by atoms with E-state index in [1.807, 2.05) is 52.8 Å². The average molecular weight is 988 g/mol. The first kappa shape index (κ1) is 58.4. The van der Waals surface area contributed by atoms with E-state index in [0.717, 1.165) is 5.56 Å². The summed E-state index contributed by atoms with van der Waals surface area (Å²) >= 11 is 0. The second-order valence-electron chi connectivity index (χ2n) is 20.8. The van der Waals surface area contributed by atoms with Crippen molar-refractivity contribution in [3.05, 3.63) is 42.0 Å². The number of benzene rings is 1. The molecular weight excluding hydrogens is 903 g/mol. The molecule has 14 atom stereocenters. The fourth-order valence-electron chi connectivity index (χ4n) is 9.68. The molecule has 0 aliphatic carbocycles. The maximum Gasteiger partial charge on any atom is 0.309 e. The Kier molecular flexibility index (Phi) is 22.5. The number of carbonyl (C=O) groups is 5. The van der Waals surface area contributed by atoms with Gasteiger partial charge >= 0.3 is 5.97 Å². The van der Waals surface area contributed by atoms with Gasteiger partial charge in [0.1, 0.15) is 36.3 Å². The topological polar surface area (TPSA) is 252 Å². The van der Waals surface area contributed by atoms with Crippen LogP contribution in [0.4, 0.5) is 0 Å². The van der Waals surface area contributed by atoms with E-state index in [1.165, 1.54) is 18.9 Å². The molecule has 396 valence electrons. The lowest BCUT2D eigenvalue weighted by Crippen LogP contribution is -2.62. The summed E-state index contributed by atoms with van der Waals surface area (Å²) in [5.74, 6) is -3.74. The Balaban J connectivity index is 1.85. The summed E-state index contributed by atoms with van der Waals surface area (Å²) in [5.41, 5.74) is 0.744. The molecule has 0 radical (unpaired) electrons. The number of carbonyl (C=O) groups excluding carboxylic acids is 5. The Morgan fingerprint density at radius 1 is 0.957 bits per heavy atom. The SMILES string of the molecule is CCC(C)C1NC(=O)C(NC(=O)C(CC(C)C)N(C)C(=O)C2C=CCN2)C(C)OC(O)C(Cc2ccc(OC)cc2)N(C)C(O)C2CCCN2C(O)C(CC(C)C)NC(=O)C(C(C)C)OC(=O)CC1O. The van der Waals surface area contributed by atoms with Gasteiger partial charge in [-0.15, -0.1) is 0 Å². The molecule has 1 aromatic carbocycles. The van der Waals surface area contributed by atoms with Crippen LogP contribution in [0, 0.1) is 23.7 Å². The van der Waals surface area contributed by atoms with Gasteiger partial charge in [0.2, 0.25) is 17.7 Å². The minimum atomic E-state index is -1.72. The van der Waals surface area contributed by atoms with E-state index in [1.54, 1.807) is 62.9 Å². The minimum absolute atomic E-state index is 0.0129. The molecule has 3 heterocycles. The van der Waals surface area contributed by atoms with Crippen LogP contribution in [0.25, 0.3) is 0 Å². The predicted molar refractivity (Wildman–Crippen MR) is 264 cm³/mol. The van der Waals surface area contributed by atoms with Crippen molar-refractivity contribution in [2.45, 2.75) is 187 Å². The molecule has 0 saturated carbocycles. The molecule has 19 nitrogen and oxygen atoms in total. The number of aliphatic hydroxyl groups is 4. The van der Waals surface area contributed by atoms with Gasteiger partial charge in [-0.25, -0.2) is 0 Å². The molecule has 14 unspecified atom stereocenters. The Morgan fingerprint density at radius 2 is 1.63 bits per heavy atom. The zero-order valence-electron chi connectivity index (χ0n) is 43.5. The lowest BCUT2D eigenvalue weighted by molar-refractivity contribution is -0.198. The largest absolute Gasteiger partial charge is 0.497 e. The van der Waals surface area contributed by atoms with Gasteiger partial charge in [-0.05, 0) is 87.4 Å². The Bertz CT molecular complexity index is 1890. The Labute approximate surface area is 415 Å². The number of amides is 4. The molecule has 3 aliphatic rings. The number of hydrogen-bond acceptors (Lipinski definition) is 15. The molecule has 4 rings (SSSR count). The standard InChI is InChI=1S/C51H85N7O12/c1-13-31(8)42-40(59)27-41(60)70-44(30(6)7)47(63)53-36(24-28(2)3)49(65)58-23-15-17-37(58)50(66)57(11)39(26-33-18-20-34(68-12)21-19-33)51(67)69-32(9)43(46(62)54-42)55-45(61)38(25-29(4)5)56(10)48(64)35-16-14-22-52-35/h14,16,18-21,28-32,35-40,42-44,49-52,59,65-67H,13,15,17,22-27H2,1-12H3,(H,53,63)(H,54,62)(H,55,61). The van der Waals surface area contributed by atoms with Crippen molar-refractivity contribution in [2.24, 2.45) is 23.7 Å². The molecule has 19 heteroatoms. The molecule has 0 spiro atoms. The molecule has 8 N–H and O–H groups in total. The fourth-order valence-corrected chi connectivity index (χ4v) is 9.68. The molecule has 2 saturated heterocycles. The van der Waals surface area contributed by atoms with Crippen LogP contribution in [0.15, 0.2) is 36.4 Å². The van der Waals surface area contributed by atoms with E-state index >= 15 is 0 Å². The number of aliphatic hydroxyl groups excluding tert-OH is 4. The van der Waals surface area contributed by atoms with Crippen LogP contribution < -0.4 is 26.0 Å². The van der Waals surface area contributed by atoms with Crippen LogP contribution >= 0.6 is 0 Å². The molecule has 2 fully saturated rings. The third-order valence-electron chi connectivity index (χ3n) is 14.1.